The van der Waals surface area contributed by atoms with E-state index in [0.29, 0.717) is 24.1 Å². The lowest BCUT2D eigenvalue weighted by atomic mass is 10.2. The summed E-state index contributed by atoms with van der Waals surface area (Å²) in [5.74, 6) is -0.103. The number of hydrogen-bond acceptors (Lipinski definition) is 4. The van der Waals surface area contributed by atoms with E-state index in [2.05, 4.69) is 16.4 Å². The Balaban J connectivity index is 1.93. The van der Waals surface area contributed by atoms with Gasteiger partial charge < -0.3 is 5.32 Å². The van der Waals surface area contributed by atoms with Crippen molar-refractivity contribution in [2.24, 2.45) is 0 Å². The van der Waals surface area contributed by atoms with Gasteiger partial charge >= 0.3 is 0 Å². The third-order valence-electron chi connectivity index (χ3n) is 2.60. The summed E-state index contributed by atoms with van der Waals surface area (Å²) in [6.07, 6.45) is 0.980. The number of rotatable bonds is 4. The fourth-order valence-electron chi connectivity index (χ4n) is 1.67. The Morgan fingerprint density at radius 3 is 2.95 bits per heavy atom. The van der Waals surface area contributed by atoms with Crippen molar-refractivity contribution in [3.8, 4) is 6.07 Å². The van der Waals surface area contributed by atoms with Gasteiger partial charge in [0.15, 0.2) is 0 Å². The molecule has 0 saturated carbocycles. The van der Waals surface area contributed by atoms with Crippen LogP contribution in [0.4, 0.5) is 5.69 Å². The van der Waals surface area contributed by atoms with Crippen molar-refractivity contribution in [1.82, 2.24) is 4.98 Å². The second kappa shape index (κ2) is 6.12. The number of nitriles is 1. The van der Waals surface area contributed by atoms with Crippen LogP contribution in [0.5, 0.6) is 0 Å². The highest BCUT2D eigenvalue weighted by Gasteiger charge is 2.07. The molecule has 0 aliphatic heterocycles. The van der Waals surface area contributed by atoms with Gasteiger partial charge in [0.1, 0.15) is 6.07 Å². The lowest BCUT2D eigenvalue weighted by Gasteiger charge is -2.05. The number of nitrogens with one attached hydrogen (secondary N) is 1. The predicted molar refractivity (Wildman–Crippen MR) is 75.0 cm³/mol. The van der Waals surface area contributed by atoms with Crippen LogP contribution >= 0.6 is 11.3 Å². The van der Waals surface area contributed by atoms with Crippen molar-refractivity contribution in [3.05, 3.63) is 45.9 Å². The molecule has 1 aromatic heterocycles. The molecule has 0 aliphatic rings. The van der Waals surface area contributed by atoms with Crippen LogP contribution in [0.1, 0.15) is 22.7 Å². The van der Waals surface area contributed by atoms with E-state index in [1.807, 2.05) is 12.3 Å². The van der Waals surface area contributed by atoms with Gasteiger partial charge in [-0.15, -0.1) is 11.3 Å². The largest absolute Gasteiger partial charge is 0.325 e. The highest BCUT2D eigenvalue weighted by Crippen LogP contribution is 2.15. The molecule has 1 amide bonds. The summed E-state index contributed by atoms with van der Waals surface area (Å²) >= 11 is 1.58. The standard InChI is InChI=1S/C14H13N3OS/c1-10-16-12(9-19-10)6-7-14(18)17-13-5-3-2-4-11(13)8-15/h2-5,9H,6-7H2,1H3,(H,17,18). The summed E-state index contributed by atoms with van der Waals surface area (Å²) in [5.41, 5.74) is 1.97. The van der Waals surface area contributed by atoms with Crippen LogP contribution in [0.25, 0.3) is 0 Å². The number of amides is 1. The Morgan fingerprint density at radius 2 is 2.26 bits per heavy atom. The van der Waals surface area contributed by atoms with Gasteiger partial charge in [0.2, 0.25) is 5.91 Å². The molecule has 1 aromatic carbocycles. The van der Waals surface area contributed by atoms with Gasteiger partial charge in [-0.25, -0.2) is 4.98 Å². The average molecular weight is 271 g/mol. The molecule has 0 unspecified atom stereocenters. The van der Waals surface area contributed by atoms with Crippen LogP contribution in [0.3, 0.4) is 0 Å². The third kappa shape index (κ3) is 3.63. The zero-order valence-corrected chi connectivity index (χ0v) is 11.3. The Morgan fingerprint density at radius 1 is 1.47 bits per heavy atom. The molecule has 0 aliphatic carbocycles. The summed E-state index contributed by atoms with van der Waals surface area (Å²) in [7, 11) is 0. The normalized spacial score (nSPS) is 9.89. The first-order valence-corrected chi connectivity index (χ1v) is 6.77. The van der Waals surface area contributed by atoms with Gasteiger partial charge in [0, 0.05) is 11.8 Å². The van der Waals surface area contributed by atoms with Crippen LogP contribution in [-0.4, -0.2) is 10.9 Å². The van der Waals surface area contributed by atoms with Crippen molar-refractivity contribution in [2.45, 2.75) is 19.8 Å². The van der Waals surface area contributed by atoms with Gasteiger partial charge in [-0.1, -0.05) is 12.1 Å². The summed E-state index contributed by atoms with van der Waals surface area (Å²) < 4.78 is 0. The zero-order valence-electron chi connectivity index (χ0n) is 10.5. The van der Waals surface area contributed by atoms with Crippen LogP contribution in [0.2, 0.25) is 0 Å². The molecule has 0 bridgehead atoms. The number of para-hydroxylation sites is 1. The molecule has 19 heavy (non-hydrogen) atoms. The van der Waals surface area contributed by atoms with Crippen molar-refractivity contribution in [3.63, 3.8) is 0 Å². The topological polar surface area (TPSA) is 65.8 Å². The molecular formula is C14H13N3OS. The summed E-state index contributed by atoms with van der Waals surface area (Å²) in [6.45, 7) is 1.94. The van der Waals surface area contributed by atoms with E-state index in [1.54, 1.807) is 35.6 Å². The SMILES string of the molecule is Cc1nc(CCC(=O)Nc2ccccc2C#N)cs1. The molecular weight excluding hydrogens is 258 g/mol. The number of aryl methyl sites for hydroxylation is 2. The lowest BCUT2D eigenvalue weighted by Crippen LogP contribution is -2.13. The smallest absolute Gasteiger partial charge is 0.224 e. The number of benzene rings is 1. The minimum Gasteiger partial charge on any atom is -0.325 e. The Hall–Kier alpha value is -2.19. The summed E-state index contributed by atoms with van der Waals surface area (Å²) in [6, 6.07) is 9.02. The van der Waals surface area contributed by atoms with E-state index in [0.717, 1.165) is 10.7 Å². The summed E-state index contributed by atoms with van der Waals surface area (Å²) in [4.78, 5) is 16.1. The molecule has 2 rings (SSSR count). The van der Waals surface area contributed by atoms with Gasteiger partial charge in [0.25, 0.3) is 0 Å². The molecule has 4 nitrogen and oxygen atoms in total. The molecule has 5 heteroatoms. The van der Waals surface area contributed by atoms with Gasteiger partial charge in [-0.05, 0) is 25.5 Å². The number of thiazole rings is 1. The fraction of sp³-hybridized carbons (Fsp3) is 0.214. The molecule has 2 aromatic rings. The number of nitrogens with zero attached hydrogens (tertiary/aromatic N) is 2. The molecule has 96 valence electrons. The number of anilines is 1. The van der Waals surface area contributed by atoms with Crippen LogP contribution in [0, 0.1) is 18.3 Å². The monoisotopic (exact) mass is 271 g/mol. The van der Waals surface area contributed by atoms with Crippen LogP contribution in [-0.2, 0) is 11.2 Å². The highest BCUT2D eigenvalue weighted by molar-refractivity contribution is 7.09. The van der Waals surface area contributed by atoms with E-state index in [1.165, 1.54) is 0 Å². The molecule has 0 atom stereocenters. The van der Waals surface area contributed by atoms with Crippen molar-refractivity contribution < 1.29 is 4.79 Å². The van der Waals surface area contributed by atoms with E-state index in [4.69, 9.17) is 5.26 Å². The van der Waals surface area contributed by atoms with E-state index in [9.17, 15) is 4.79 Å². The van der Waals surface area contributed by atoms with E-state index >= 15 is 0 Å². The number of aromatic nitrogens is 1. The lowest BCUT2D eigenvalue weighted by molar-refractivity contribution is -0.116. The number of carbonyl (C=O) groups is 1. The average Bonchev–Trinajstić information content (AvgIpc) is 2.83. The Bertz CT molecular complexity index is 628. The minimum atomic E-state index is -0.103. The minimum absolute atomic E-state index is 0.103. The van der Waals surface area contributed by atoms with Crippen molar-refractivity contribution in [2.75, 3.05) is 5.32 Å². The third-order valence-corrected chi connectivity index (χ3v) is 3.42. The summed E-state index contributed by atoms with van der Waals surface area (Å²) in [5, 5.41) is 14.7. The number of carbonyl (C=O) groups excluding carboxylic acids is 1. The maximum absolute atomic E-state index is 11.8. The molecule has 1 heterocycles. The predicted octanol–water partition coefficient (Wildman–Crippen LogP) is 2.89. The van der Waals surface area contributed by atoms with E-state index in [-0.39, 0.29) is 5.91 Å². The van der Waals surface area contributed by atoms with Crippen molar-refractivity contribution in [1.29, 1.82) is 5.26 Å². The molecule has 0 radical (unpaired) electrons. The maximum Gasteiger partial charge on any atom is 0.224 e. The Kier molecular flexibility index (Phi) is 4.26. The molecule has 0 saturated heterocycles. The van der Waals surface area contributed by atoms with Gasteiger partial charge in [-0.2, -0.15) is 5.26 Å². The highest BCUT2D eigenvalue weighted by atomic mass is 32.1. The van der Waals surface area contributed by atoms with Gasteiger partial charge in [-0.3, -0.25) is 4.79 Å². The van der Waals surface area contributed by atoms with Crippen LogP contribution < -0.4 is 5.32 Å². The molecule has 0 spiro atoms. The quantitative estimate of drug-likeness (QED) is 0.929. The fourth-order valence-corrected chi connectivity index (χ4v) is 2.31. The van der Waals surface area contributed by atoms with Crippen molar-refractivity contribution >= 4 is 22.9 Å². The Labute approximate surface area is 115 Å². The van der Waals surface area contributed by atoms with Gasteiger partial charge in [0.05, 0.1) is 22.0 Å². The molecule has 0 fully saturated rings. The van der Waals surface area contributed by atoms with E-state index < -0.39 is 0 Å². The second-order valence-electron chi connectivity index (χ2n) is 4.06. The van der Waals surface area contributed by atoms with Crippen LogP contribution in [0.15, 0.2) is 29.6 Å². The maximum atomic E-state index is 11.8. The zero-order chi connectivity index (χ0) is 13.7. The number of hydrogen-bond donors (Lipinski definition) is 1. The molecule has 1 N–H and O–H groups in total. The first kappa shape index (κ1) is 13.2. The second-order valence-corrected chi connectivity index (χ2v) is 5.13. The first-order chi connectivity index (χ1) is 9.19. The first-order valence-electron chi connectivity index (χ1n) is 5.89.